The molecule has 1 atom stereocenters. The van der Waals surface area contributed by atoms with Crippen molar-refractivity contribution < 1.29 is 19.1 Å². The van der Waals surface area contributed by atoms with Crippen molar-refractivity contribution in [3.63, 3.8) is 0 Å². The van der Waals surface area contributed by atoms with Crippen molar-refractivity contribution in [1.29, 1.82) is 0 Å². The molecule has 2 aromatic carbocycles. The van der Waals surface area contributed by atoms with Gasteiger partial charge in [0, 0.05) is 13.6 Å². The zero-order chi connectivity index (χ0) is 20.7. The van der Waals surface area contributed by atoms with Gasteiger partial charge in [-0.2, -0.15) is 0 Å². The molecule has 0 aliphatic carbocycles. The smallest absolute Gasteiger partial charge is 0.261 e. The molecule has 1 unspecified atom stereocenters. The Bertz CT molecular complexity index is 815. The van der Waals surface area contributed by atoms with Gasteiger partial charge in [0.15, 0.2) is 6.61 Å². The van der Waals surface area contributed by atoms with Crippen molar-refractivity contribution in [3.8, 4) is 11.5 Å². The largest absolute Gasteiger partial charge is 0.497 e. The molecule has 0 heterocycles. The van der Waals surface area contributed by atoms with Crippen LogP contribution in [0, 0.1) is 13.8 Å². The molecule has 0 bridgehead atoms. The second kappa shape index (κ2) is 9.78. The van der Waals surface area contributed by atoms with Crippen molar-refractivity contribution in [2.75, 3.05) is 20.8 Å². The van der Waals surface area contributed by atoms with Crippen molar-refractivity contribution in [1.82, 2.24) is 10.2 Å². The third-order valence-electron chi connectivity index (χ3n) is 4.46. The average molecular weight is 384 g/mol. The summed E-state index contributed by atoms with van der Waals surface area (Å²) in [5, 5.41) is 2.60. The summed E-state index contributed by atoms with van der Waals surface area (Å²) in [5.74, 6) is 0.837. The zero-order valence-corrected chi connectivity index (χ0v) is 17.1. The monoisotopic (exact) mass is 384 g/mol. The lowest BCUT2D eigenvalue weighted by Gasteiger charge is -2.28. The van der Waals surface area contributed by atoms with Crippen LogP contribution in [-0.4, -0.2) is 43.5 Å². The molecule has 0 saturated heterocycles. The number of likely N-dealkylation sites (N-methyl/N-ethyl adjacent to an activating group) is 1. The van der Waals surface area contributed by atoms with Crippen molar-refractivity contribution in [2.24, 2.45) is 0 Å². The highest BCUT2D eigenvalue weighted by atomic mass is 16.5. The van der Waals surface area contributed by atoms with E-state index in [9.17, 15) is 9.59 Å². The maximum Gasteiger partial charge on any atom is 0.261 e. The summed E-state index contributed by atoms with van der Waals surface area (Å²) < 4.78 is 11.0. The predicted octanol–water partition coefficient (Wildman–Crippen LogP) is 2.85. The molecular formula is C22H28N2O4. The maximum atomic E-state index is 12.9. The van der Waals surface area contributed by atoms with Crippen LogP contribution in [0.1, 0.15) is 23.6 Å². The van der Waals surface area contributed by atoms with Crippen LogP contribution >= 0.6 is 0 Å². The number of methoxy groups -OCH3 is 1. The number of hydrogen-bond acceptors (Lipinski definition) is 4. The summed E-state index contributed by atoms with van der Waals surface area (Å²) in [6.07, 6.45) is 0. The lowest BCUT2D eigenvalue weighted by Crippen LogP contribution is -2.48. The Morgan fingerprint density at radius 1 is 1.07 bits per heavy atom. The number of carbonyl (C=O) groups excluding carboxylic acids is 2. The van der Waals surface area contributed by atoms with Crippen molar-refractivity contribution in [3.05, 3.63) is 59.2 Å². The molecule has 6 nitrogen and oxygen atoms in total. The van der Waals surface area contributed by atoms with E-state index in [0.29, 0.717) is 11.5 Å². The van der Waals surface area contributed by atoms with Crippen LogP contribution in [0.2, 0.25) is 0 Å². The zero-order valence-electron chi connectivity index (χ0n) is 17.1. The summed E-state index contributed by atoms with van der Waals surface area (Å²) in [6, 6.07) is 12.6. The van der Waals surface area contributed by atoms with E-state index >= 15 is 0 Å². The minimum atomic E-state index is -0.633. The van der Waals surface area contributed by atoms with E-state index in [2.05, 4.69) is 5.32 Å². The SMILES string of the molecule is CNC(=O)C(C)N(Cc1cccc(OC)c1)C(=O)COc1cc(C)cc(C)c1. The first kappa shape index (κ1) is 21.3. The number of benzene rings is 2. The normalized spacial score (nSPS) is 11.5. The Kier molecular flexibility index (Phi) is 7.44. The molecule has 6 heteroatoms. The highest BCUT2D eigenvalue weighted by molar-refractivity contribution is 5.87. The second-order valence-corrected chi connectivity index (χ2v) is 6.78. The molecule has 2 amide bonds. The lowest BCUT2D eigenvalue weighted by molar-refractivity contribution is -0.142. The Balaban J connectivity index is 2.17. The van der Waals surface area contributed by atoms with Crippen LogP contribution in [0.5, 0.6) is 11.5 Å². The van der Waals surface area contributed by atoms with Crippen LogP contribution in [0.25, 0.3) is 0 Å². The molecule has 28 heavy (non-hydrogen) atoms. The molecule has 0 aliphatic heterocycles. The van der Waals surface area contributed by atoms with Gasteiger partial charge in [0.05, 0.1) is 7.11 Å². The first-order valence-electron chi connectivity index (χ1n) is 9.19. The van der Waals surface area contributed by atoms with E-state index in [1.165, 1.54) is 4.90 Å². The number of ether oxygens (including phenoxy) is 2. The lowest BCUT2D eigenvalue weighted by atomic mass is 10.1. The first-order valence-corrected chi connectivity index (χ1v) is 9.19. The second-order valence-electron chi connectivity index (χ2n) is 6.78. The maximum absolute atomic E-state index is 12.9. The third-order valence-corrected chi connectivity index (χ3v) is 4.46. The van der Waals surface area contributed by atoms with Gasteiger partial charge >= 0.3 is 0 Å². The van der Waals surface area contributed by atoms with Crippen LogP contribution in [0.15, 0.2) is 42.5 Å². The molecule has 0 saturated carbocycles. The minimum Gasteiger partial charge on any atom is -0.497 e. The minimum absolute atomic E-state index is 0.145. The van der Waals surface area contributed by atoms with E-state index < -0.39 is 6.04 Å². The number of hydrogen-bond donors (Lipinski definition) is 1. The number of nitrogens with zero attached hydrogens (tertiary/aromatic N) is 1. The van der Waals surface area contributed by atoms with Gasteiger partial charge in [0.25, 0.3) is 5.91 Å². The van der Waals surface area contributed by atoms with Crippen molar-refractivity contribution >= 4 is 11.8 Å². The summed E-state index contributed by atoms with van der Waals surface area (Å²) in [5.41, 5.74) is 3.00. The fraction of sp³-hybridized carbons (Fsp3) is 0.364. The van der Waals surface area contributed by atoms with Gasteiger partial charge < -0.3 is 19.7 Å². The summed E-state index contributed by atoms with van der Waals surface area (Å²) >= 11 is 0. The highest BCUT2D eigenvalue weighted by Crippen LogP contribution is 2.18. The topological polar surface area (TPSA) is 67.9 Å². The molecule has 2 aromatic rings. The molecule has 2 rings (SSSR count). The van der Waals surface area contributed by atoms with Crippen LogP contribution < -0.4 is 14.8 Å². The van der Waals surface area contributed by atoms with Crippen molar-refractivity contribution in [2.45, 2.75) is 33.4 Å². The van der Waals surface area contributed by atoms with Gasteiger partial charge in [-0.15, -0.1) is 0 Å². The Morgan fingerprint density at radius 2 is 1.75 bits per heavy atom. The van der Waals surface area contributed by atoms with E-state index in [1.54, 1.807) is 21.1 Å². The molecule has 0 radical (unpaired) electrons. The predicted molar refractivity (Wildman–Crippen MR) is 108 cm³/mol. The number of amides is 2. The summed E-state index contributed by atoms with van der Waals surface area (Å²) in [7, 11) is 3.14. The Morgan fingerprint density at radius 3 is 2.36 bits per heavy atom. The van der Waals surface area contributed by atoms with E-state index in [4.69, 9.17) is 9.47 Å². The molecular weight excluding hydrogens is 356 g/mol. The summed E-state index contributed by atoms with van der Waals surface area (Å²) in [6.45, 7) is 5.79. The van der Waals surface area contributed by atoms with Gasteiger partial charge in [-0.1, -0.05) is 18.2 Å². The molecule has 0 aromatic heterocycles. The molecule has 150 valence electrons. The molecule has 0 spiro atoms. The number of aryl methyl sites for hydroxylation is 2. The van der Waals surface area contributed by atoms with E-state index in [1.807, 2.05) is 56.3 Å². The number of rotatable bonds is 8. The number of carbonyl (C=O) groups is 2. The van der Waals surface area contributed by atoms with E-state index in [-0.39, 0.29) is 25.0 Å². The van der Waals surface area contributed by atoms with Crippen LogP contribution in [0.3, 0.4) is 0 Å². The quantitative estimate of drug-likeness (QED) is 0.760. The van der Waals surface area contributed by atoms with E-state index in [0.717, 1.165) is 16.7 Å². The molecule has 1 N–H and O–H groups in total. The Hall–Kier alpha value is -3.02. The van der Waals surface area contributed by atoms with Gasteiger partial charge in [-0.3, -0.25) is 9.59 Å². The van der Waals surface area contributed by atoms with Crippen LogP contribution in [0.4, 0.5) is 0 Å². The van der Waals surface area contributed by atoms with Gasteiger partial charge in [-0.05, 0) is 61.7 Å². The van der Waals surface area contributed by atoms with Gasteiger partial charge in [-0.25, -0.2) is 0 Å². The fourth-order valence-electron chi connectivity index (χ4n) is 3.00. The average Bonchev–Trinajstić information content (AvgIpc) is 2.68. The van der Waals surface area contributed by atoms with Gasteiger partial charge in [0.2, 0.25) is 5.91 Å². The van der Waals surface area contributed by atoms with Gasteiger partial charge in [0.1, 0.15) is 17.5 Å². The standard InChI is InChI=1S/C22H28N2O4/c1-15-9-16(2)11-20(10-15)28-14-21(25)24(17(3)22(26)23-4)13-18-7-6-8-19(12-18)27-5/h6-12,17H,13-14H2,1-5H3,(H,23,26). The fourth-order valence-corrected chi connectivity index (χ4v) is 3.00. The molecule has 0 fully saturated rings. The Labute approximate surface area is 166 Å². The number of nitrogens with one attached hydrogen (secondary N) is 1. The van der Waals surface area contributed by atoms with Crippen LogP contribution in [-0.2, 0) is 16.1 Å². The highest BCUT2D eigenvalue weighted by Gasteiger charge is 2.26. The summed E-state index contributed by atoms with van der Waals surface area (Å²) in [4.78, 5) is 26.6. The third kappa shape index (κ3) is 5.74. The molecule has 0 aliphatic rings. The first-order chi connectivity index (χ1) is 13.3.